The second-order valence-corrected chi connectivity index (χ2v) is 11.8. The van der Waals surface area contributed by atoms with Crippen molar-refractivity contribution < 1.29 is 9.53 Å². The van der Waals surface area contributed by atoms with Gasteiger partial charge in [-0.05, 0) is 61.3 Å². The molecule has 3 aliphatic heterocycles. The summed E-state index contributed by atoms with van der Waals surface area (Å²) in [4.78, 5) is 39.8. The Bertz CT molecular complexity index is 1780. The van der Waals surface area contributed by atoms with Crippen LogP contribution in [0.1, 0.15) is 37.8 Å². The van der Waals surface area contributed by atoms with E-state index in [1.54, 1.807) is 15.8 Å². The largest absolute Gasteiger partial charge is 0.482 e. The van der Waals surface area contributed by atoms with Crippen molar-refractivity contribution in [2.75, 3.05) is 37.0 Å². The van der Waals surface area contributed by atoms with Crippen molar-refractivity contribution in [1.82, 2.24) is 24.2 Å². The van der Waals surface area contributed by atoms with E-state index in [-0.39, 0.29) is 23.5 Å². The summed E-state index contributed by atoms with van der Waals surface area (Å²) in [5.74, 6) is 0.991. The predicted octanol–water partition coefficient (Wildman–Crippen LogP) is 4.12. The van der Waals surface area contributed by atoms with Crippen molar-refractivity contribution in [1.29, 1.82) is 0 Å². The first kappa shape index (κ1) is 25.5. The third kappa shape index (κ3) is 4.39. The third-order valence-corrected chi connectivity index (χ3v) is 8.20. The molecule has 0 unspecified atom stereocenters. The molecule has 1 N–H and O–H groups in total. The SMILES string of the molecule is CN1Cc2cc(Nc3ncc4c(=O)n5n(c4n3)-c3ccc4c(c3)N(CCCC=CC5)C(=O)CO4)ccc2C(C)(C)C1. The Morgan fingerprint density at radius 1 is 1.07 bits per heavy atom. The van der Waals surface area contributed by atoms with Gasteiger partial charge < -0.3 is 19.9 Å². The standard InChI is InChI=1S/C31H33N7O3/c1-31(2)19-35(3)17-20-14-21(8-10-24(20)31)33-30-32-16-23-28(34-30)38-22-9-11-26-25(15-22)36(27(39)18-41-26)12-6-4-5-7-13-37(38)29(23)40/h5,7-11,14-16H,4,6,12-13,17-19H2,1-3H3,(H,32,33,34). The normalized spacial score (nSPS) is 18.2. The van der Waals surface area contributed by atoms with Crippen LogP contribution in [0.4, 0.5) is 17.3 Å². The Morgan fingerprint density at radius 3 is 2.83 bits per heavy atom. The van der Waals surface area contributed by atoms with Gasteiger partial charge in [-0.15, -0.1) is 0 Å². The van der Waals surface area contributed by atoms with Crippen molar-refractivity contribution in [2.24, 2.45) is 0 Å². The average Bonchev–Trinajstić information content (AvgIpc) is 3.20. The molecule has 10 heteroatoms. The van der Waals surface area contributed by atoms with Crippen LogP contribution in [-0.4, -0.2) is 56.9 Å². The van der Waals surface area contributed by atoms with E-state index in [0.29, 0.717) is 41.5 Å². The zero-order chi connectivity index (χ0) is 28.3. The molecular formula is C31H33N7O3. The summed E-state index contributed by atoms with van der Waals surface area (Å²) in [6.07, 6.45) is 7.27. The lowest BCUT2D eigenvalue weighted by Crippen LogP contribution is -2.39. The zero-order valence-electron chi connectivity index (χ0n) is 23.6. The monoisotopic (exact) mass is 551 g/mol. The summed E-state index contributed by atoms with van der Waals surface area (Å²) in [7, 11) is 2.14. The van der Waals surface area contributed by atoms with Crippen molar-refractivity contribution in [2.45, 2.75) is 45.2 Å². The molecule has 0 fully saturated rings. The molecule has 3 aliphatic rings. The van der Waals surface area contributed by atoms with E-state index >= 15 is 0 Å². The minimum Gasteiger partial charge on any atom is -0.482 e. The number of ether oxygens (including phenoxy) is 1. The number of carbonyl (C=O) groups is 1. The van der Waals surface area contributed by atoms with Crippen LogP contribution in [0, 0.1) is 0 Å². The van der Waals surface area contributed by atoms with Gasteiger partial charge in [-0.3, -0.25) is 9.59 Å². The molecule has 0 radical (unpaired) electrons. The van der Waals surface area contributed by atoms with Crippen molar-refractivity contribution >= 4 is 34.3 Å². The number of aromatic nitrogens is 4. The van der Waals surface area contributed by atoms with Crippen LogP contribution >= 0.6 is 0 Å². The fraction of sp³-hybridized carbons (Fsp3) is 0.355. The van der Waals surface area contributed by atoms with Crippen molar-refractivity contribution in [3.63, 3.8) is 0 Å². The summed E-state index contributed by atoms with van der Waals surface area (Å²) in [6.45, 7) is 7.46. The number of amides is 1. The maximum Gasteiger partial charge on any atom is 0.278 e. The Labute approximate surface area is 237 Å². The fourth-order valence-corrected chi connectivity index (χ4v) is 6.44. The van der Waals surface area contributed by atoms with Gasteiger partial charge in [0.15, 0.2) is 12.3 Å². The summed E-state index contributed by atoms with van der Waals surface area (Å²) < 4.78 is 9.20. The number of hydrogen-bond donors (Lipinski definition) is 1. The molecule has 0 saturated heterocycles. The first-order chi connectivity index (χ1) is 19.8. The number of fused-ring (bicyclic) bond motifs is 6. The number of allylic oxidation sites excluding steroid dienone is 2. The van der Waals surface area contributed by atoms with Gasteiger partial charge in [0.25, 0.3) is 11.5 Å². The van der Waals surface area contributed by atoms with Crippen molar-refractivity contribution in [3.8, 4) is 11.4 Å². The second kappa shape index (κ2) is 9.59. The van der Waals surface area contributed by atoms with Gasteiger partial charge >= 0.3 is 0 Å². The van der Waals surface area contributed by atoms with Crippen LogP contribution in [0.15, 0.2) is 59.5 Å². The number of anilines is 3. The zero-order valence-corrected chi connectivity index (χ0v) is 23.6. The van der Waals surface area contributed by atoms with Gasteiger partial charge in [-0.1, -0.05) is 32.1 Å². The van der Waals surface area contributed by atoms with Crippen LogP contribution < -0.4 is 20.5 Å². The molecular weight excluding hydrogens is 518 g/mol. The Balaban J connectivity index is 1.34. The number of nitrogens with zero attached hydrogens (tertiary/aromatic N) is 6. The summed E-state index contributed by atoms with van der Waals surface area (Å²) >= 11 is 0. The first-order valence-corrected chi connectivity index (χ1v) is 14.1. The van der Waals surface area contributed by atoms with Gasteiger partial charge in [0.1, 0.15) is 11.1 Å². The van der Waals surface area contributed by atoms with Crippen LogP contribution in [0.5, 0.6) is 5.75 Å². The van der Waals surface area contributed by atoms with Gasteiger partial charge in [0.05, 0.1) is 17.9 Å². The lowest BCUT2D eigenvalue weighted by Gasteiger charge is -2.38. The molecule has 5 heterocycles. The maximum absolute atomic E-state index is 13.6. The quantitative estimate of drug-likeness (QED) is 0.374. The van der Waals surface area contributed by atoms with Crippen LogP contribution in [-0.2, 0) is 23.3 Å². The third-order valence-electron chi connectivity index (χ3n) is 8.20. The molecule has 10 nitrogen and oxygen atoms in total. The summed E-state index contributed by atoms with van der Waals surface area (Å²) in [5, 5.41) is 3.79. The minimum atomic E-state index is -0.172. The molecule has 41 heavy (non-hydrogen) atoms. The number of benzene rings is 2. The Kier molecular flexibility index (Phi) is 5.97. The lowest BCUT2D eigenvalue weighted by atomic mass is 9.78. The van der Waals surface area contributed by atoms with Crippen molar-refractivity contribution in [3.05, 3.63) is 76.2 Å². The van der Waals surface area contributed by atoms with E-state index in [1.807, 2.05) is 29.0 Å². The molecule has 4 aromatic rings. The molecule has 2 aromatic heterocycles. The van der Waals surface area contributed by atoms with E-state index in [0.717, 1.165) is 37.3 Å². The molecule has 0 saturated carbocycles. The Morgan fingerprint density at radius 2 is 1.95 bits per heavy atom. The molecule has 210 valence electrons. The molecule has 0 aliphatic carbocycles. The molecule has 7 rings (SSSR count). The van der Waals surface area contributed by atoms with Gasteiger partial charge in [-0.25, -0.2) is 14.3 Å². The minimum absolute atomic E-state index is 0.0259. The van der Waals surface area contributed by atoms with E-state index < -0.39 is 0 Å². The van der Waals surface area contributed by atoms with Crippen LogP contribution in [0.25, 0.3) is 16.7 Å². The number of nitrogens with one attached hydrogen (secondary N) is 1. The first-order valence-electron chi connectivity index (χ1n) is 14.1. The topological polar surface area (TPSA) is 97.5 Å². The summed E-state index contributed by atoms with van der Waals surface area (Å²) in [5.41, 5.74) is 5.35. The molecule has 0 spiro atoms. The predicted molar refractivity (Wildman–Crippen MR) is 158 cm³/mol. The number of carbonyl (C=O) groups excluding carboxylic acids is 1. The molecule has 0 atom stereocenters. The summed E-state index contributed by atoms with van der Waals surface area (Å²) in [6, 6.07) is 12.1. The number of rotatable bonds is 2. The van der Waals surface area contributed by atoms with E-state index in [4.69, 9.17) is 9.72 Å². The number of likely N-dealkylation sites (N-methyl/N-ethyl adjacent to an activating group) is 1. The van der Waals surface area contributed by atoms with Crippen LogP contribution in [0.3, 0.4) is 0 Å². The van der Waals surface area contributed by atoms with Crippen LogP contribution in [0.2, 0.25) is 0 Å². The second-order valence-electron chi connectivity index (χ2n) is 11.8. The van der Waals surface area contributed by atoms with E-state index in [1.165, 1.54) is 11.1 Å². The van der Waals surface area contributed by atoms with Gasteiger partial charge in [0, 0.05) is 36.9 Å². The van der Waals surface area contributed by atoms with Gasteiger partial charge in [-0.2, -0.15) is 4.98 Å². The van der Waals surface area contributed by atoms with Gasteiger partial charge in [0.2, 0.25) is 5.95 Å². The highest BCUT2D eigenvalue weighted by atomic mass is 16.5. The lowest BCUT2D eigenvalue weighted by molar-refractivity contribution is -0.121. The van der Waals surface area contributed by atoms with E-state index in [9.17, 15) is 9.59 Å². The average molecular weight is 552 g/mol. The highest BCUT2D eigenvalue weighted by molar-refractivity contribution is 5.98. The molecule has 1 amide bonds. The Hall–Kier alpha value is -4.44. The molecule has 2 bridgehead atoms. The molecule has 2 aromatic carbocycles. The number of hydrogen-bond acceptors (Lipinski definition) is 7. The van der Waals surface area contributed by atoms with E-state index in [2.05, 4.69) is 60.4 Å². The highest BCUT2D eigenvalue weighted by Crippen LogP contribution is 2.36. The highest BCUT2D eigenvalue weighted by Gasteiger charge is 2.30. The maximum atomic E-state index is 13.6. The fourth-order valence-electron chi connectivity index (χ4n) is 6.44. The smallest absolute Gasteiger partial charge is 0.278 e.